The normalized spacial score (nSPS) is 11.2. The molecule has 1 N–H and O–H groups in total. The molecular weight excluding hydrogens is 382 g/mol. The first-order chi connectivity index (χ1) is 15.3. The van der Waals surface area contributed by atoms with Crippen LogP contribution in [0.25, 0.3) is 17.1 Å². The van der Waals surface area contributed by atoms with Gasteiger partial charge in [0.25, 0.3) is 0 Å². The summed E-state index contributed by atoms with van der Waals surface area (Å²) in [5, 5.41) is 2.98. The zero-order valence-corrected chi connectivity index (χ0v) is 17.6. The molecule has 3 aromatic carbocycles. The maximum atomic E-state index is 12.2. The predicted octanol–water partition coefficient (Wildman–Crippen LogP) is 5.04. The molecule has 0 unspecified atom stereocenters. The summed E-state index contributed by atoms with van der Waals surface area (Å²) in [5.41, 5.74) is 4.53. The molecule has 4 rings (SSSR count). The minimum atomic E-state index is -0.0874. The number of aromatic nitrogens is 2. The van der Waals surface area contributed by atoms with Crippen LogP contribution in [0.3, 0.4) is 0 Å². The van der Waals surface area contributed by atoms with Crippen molar-refractivity contribution in [1.29, 1.82) is 0 Å². The number of carbonyl (C=O) groups excluding carboxylic acids is 1. The zero-order valence-electron chi connectivity index (χ0n) is 17.6. The summed E-state index contributed by atoms with van der Waals surface area (Å²) in [7, 11) is 0. The Kier molecular flexibility index (Phi) is 6.91. The van der Waals surface area contributed by atoms with Crippen molar-refractivity contribution < 1.29 is 4.79 Å². The van der Waals surface area contributed by atoms with Crippen LogP contribution in [0.1, 0.15) is 23.4 Å². The first-order valence-electron chi connectivity index (χ1n) is 10.8. The number of benzene rings is 3. The van der Waals surface area contributed by atoms with Gasteiger partial charge in [0, 0.05) is 25.6 Å². The number of fused-ring (bicyclic) bond motifs is 1. The lowest BCUT2D eigenvalue weighted by molar-refractivity contribution is -0.116. The van der Waals surface area contributed by atoms with Crippen LogP contribution in [0, 0.1) is 0 Å². The number of amides is 1. The number of aryl methyl sites for hydroxylation is 2. The molecule has 1 heterocycles. The van der Waals surface area contributed by atoms with E-state index in [1.54, 1.807) is 6.08 Å². The summed E-state index contributed by atoms with van der Waals surface area (Å²) in [4.78, 5) is 17.0. The number of rotatable bonds is 9. The van der Waals surface area contributed by atoms with Gasteiger partial charge < -0.3 is 9.88 Å². The SMILES string of the molecule is O=C(/C=C/c1ccccc1)NCCc1nc2ccccc2n1CCCc1ccccc1. The highest BCUT2D eigenvalue weighted by Crippen LogP contribution is 2.17. The minimum Gasteiger partial charge on any atom is -0.352 e. The van der Waals surface area contributed by atoms with Gasteiger partial charge >= 0.3 is 0 Å². The second-order valence-electron chi connectivity index (χ2n) is 7.54. The van der Waals surface area contributed by atoms with Crippen LogP contribution >= 0.6 is 0 Å². The van der Waals surface area contributed by atoms with Gasteiger partial charge in [-0.2, -0.15) is 0 Å². The molecule has 31 heavy (non-hydrogen) atoms. The highest BCUT2D eigenvalue weighted by molar-refractivity contribution is 5.91. The summed E-state index contributed by atoms with van der Waals surface area (Å²) >= 11 is 0. The molecule has 1 amide bonds. The number of imidazole rings is 1. The number of nitrogens with one attached hydrogen (secondary N) is 1. The van der Waals surface area contributed by atoms with E-state index in [0.717, 1.165) is 41.8 Å². The van der Waals surface area contributed by atoms with E-state index in [1.807, 2.05) is 54.6 Å². The summed E-state index contributed by atoms with van der Waals surface area (Å²) < 4.78 is 2.30. The number of carbonyl (C=O) groups is 1. The third-order valence-electron chi connectivity index (χ3n) is 5.30. The summed E-state index contributed by atoms with van der Waals surface area (Å²) in [6.07, 6.45) is 6.19. The van der Waals surface area contributed by atoms with Crippen LogP contribution in [0.5, 0.6) is 0 Å². The van der Waals surface area contributed by atoms with Crippen LogP contribution in [0.2, 0.25) is 0 Å². The van der Waals surface area contributed by atoms with Gasteiger partial charge in [-0.05, 0) is 42.2 Å². The molecule has 156 valence electrons. The maximum Gasteiger partial charge on any atom is 0.244 e. The summed E-state index contributed by atoms with van der Waals surface area (Å²) in [5.74, 6) is 0.928. The first kappa shape index (κ1) is 20.6. The van der Waals surface area contributed by atoms with E-state index in [4.69, 9.17) is 4.98 Å². The van der Waals surface area contributed by atoms with E-state index in [9.17, 15) is 4.79 Å². The fraction of sp³-hybridized carbons (Fsp3) is 0.185. The molecule has 0 fully saturated rings. The van der Waals surface area contributed by atoms with Crippen LogP contribution in [-0.2, 0) is 24.2 Å². The van der Waals surface area contributed by atoms with E-state index in [1.165, 1.54) is 5.56 Å². The summed E-state index contributed by atoms with van der Waals surface area (Å²) in [6, 6.07) is 28.6. The van der Waals surface area contributed by atoms with Crippen molar-refractivity contribution in [2.24, 2.45) is 0 Å². The minimum absolute atomic E-state index is 0.0874. The average molecular weight is 410 g/mol. The first-order valence-corrected chi connectivity index (χ1v) is 10.8. The highest BCUT2D eigenvalue weighted by atomic mass is 16.1. The largest absolute Gasteiger partial charge is 0.352 e. The molecule has 0 bridgehead atoms. The Hall–Kier alpha value is -3.66. The van der Waals surface area contributed by atoms with E-state index in [2.05, 4.69) is 46.3 Å². The van der Waals surface area contributed by atoms with Gasteiger partial charge in [0.2, 0.25) is 5.91 Å². The lowest BCUT2D eigenvalue weighted by Crippen LogP contribution is -2.24. The van der Waals surface area contributed by atoms with Crippen molar-refractivity contribution in [3.8, 4) is 0 Å². The molecule has 0 aliphatic rings. The van der Waals surface area contributed by atoms with Gasteiger partial charge in [-0.25, -0.2) is 4.98 Å². The van der Waals surface area contributed by atoms with Crippen LogP contribution in [0.15, 0.2) is 91.0 Å². The Morgan fingerprint density at radius 1 is 0.871 bits per heavy atom. The maximum absolute atomic E-state index is 12.2. The fourth-order valence-electron chi connectivity index (χ4n) is 3.74. The van der Waals surface area contributed by atoms with Gasteiger partial charge in [-0.1, -0.05) is 72.8 Å². The Labute approximate surface area is 183 Å². The standard InChI is InChI=1S/C27H27N3O/c31-27(18-17-23-12-5-2-6-13-23)28-20-19-26-29-24-15-7-8-16-25(24)30(26)21-9-14-22-10-3-1-4-11-22/h1-8,10-13,15-18H,9,14,19-21H2,(H,28,31)/b18-17+. The molecule has 4 heteroatoms. The lowest BCUT2D eigenvalue weighted by Gasteiger charge is -2.10. The molecule has 0 aliphatic heterocycles. The lowest BCUT2D eigenvalue weighted by atomic mass is 10.1. The van der Waals surface area contributed by atoms with E-state index in [0.29, 0.717) is 13.0 Å². The number of hydrogen-bond acceptors (Lipinski definition) is 2. The van der Waals surface area contributed by atoms with Gasteiger partial charge in [0.1, 0.15) is 5.82 Å². The number of nitrogens with zero attached hydrogens (tertiary/aromatic N) is 2. The molecule has 0 saturated heterocycles. The molecular formula is C27H27N3O. The van der Waals surface area contributed by atoms with E-state index in [-0.39, 0.29) is 5.91 Å². The monoisotopic (exact) mass is 409 g/mol. The van der Waals surface area contributed by atoms with Crippen LogP contribution in [0.4, 0.5) is 0 Å². The smallest absolute Gasteiger partial charge is 0.244 e. The molecule has 4 aromatic rings. The quantitative estimate of drug-likeness (QED) is 0.394. The van der Waals surface area contributed by atoms with Gasteiger partial charge in [-0.15, -0.1) is 0 Å². The number of para-hydroxylation sites is 2. The second-order valence-corrected chi connectivity index (χ2v) is 7.54. The Bertz CT molecular complexity index is 1150. The highest BCUT2D eigenvalue weighted by Gasteiger charge is 2.10. The fourth-order valence-corrected chi connectivity index (χ4v) is 3.74. The topological polar surface area (TPSA) is 46.9 Å². The molecule has 0 spiro atoms. The molecule has 4 nitrogen and oxygen atoms in total. The predicted molar refractivity (Wildman–Crippen MR) is 127 cm³/mol. The van der Waals surface area contributed by atoms with Crippen molar-refractivity contribution in [2.75, 3.05) is 6.54 Å². The Morgan fingerprint density at radius 3 is 2.39 bits per heavy atom. The van der Waals surface area contributed by atoms with E-state index < -0.39 is 0 Å². The zero-order chi connectivity index (χ0) is 21.3. The molecule has 0 saturated carbocycles. The molecule has 0 radical (unpaired) electrons. The van der Waals surface area contributed by atoms with Crippen molar-refractivity contribution in [2.45, 2.75) is 25.8 Å². The van der Waals surface area contributed by atoms with Gasteiger partial charge in [0.15, 0.2) is 0 Å². The van der Waals surface area contributed by atoms with Gasteiger partial charge in [-0.3, -0.25) is 4.79 Å². The Balaban J connectivity index is 1.37. The van der Waals surface area contributed by atoms with Crippen LogP contribution in [-0.4, -0.2) is 22.0 Å². The van der Waals surface area contributed by atoms with Gasteiger partial charge in [0.05, 0.1) is 11.0 Å². The molecule has 0 aliphatic carbocycles. The number of hydrogen-bond donors (Lipinski definition) is 1. The summed E-state index contributed by atoms with van der Waals surface area (Å²) in [6.45, 7) is 1.46. The van der Waals surface area contributed by atoms with Crippen molar-refractivity contribution in [1.82, 2.24) is 14.9 Å². The second kappa shape index (κ2) is 10.4. The molecule has 1 aromatic heterocycles. The van der Waals surface area contributed by atoms with E-state index >= 15 is 0 Å². The molecule has 0 atom stereocenters. The van der Waals surface area contributed by atoms with Crippen LogP contribution < -0.4 is 5.32 Å². The third-order valence-corrected chi connectivity index (χ3v) is 5.30. The Morgan fingerprint density at radius 2 is 1.58 bits per heavy atom. The van der Waals surface area contributed by atoms with Crippen molar-refractivity contribution in [3.05, 3.63) is 108 Å². The van der Waals surface area contributed by atoms with Crippen molar-refractivity contribution >= 4 is 23.0 Å². The van der Waals surface area contributed by atoms with Crippen molar-refractivity contribution in [3.63, 3.8) is 0 Å². The average Bonchev–Trinajstić information content (AvgIpc) is 3.16. The third kappa shape index (κ3) is 5.70.